The second-order valence-electron chi connectivity index (χ2n) is 2.39. The van der Waals surface area contributed by atoms with Crippen LogP contribution in [-0.4, -0.2) is 3.92 Å². The Hall–Kier alpha value is -0.250. The largest absolute Gasteiger partial charge is 0.364 e. The second-order valence-corrected chi connectivity index (χ2v) is 3.89. The van der Waals surface area contributed by atoms with Crippen LogP contribution in [0.1, 0.15) is 13.3 Å². The van der Waals surface area contributed by atoms with Crippen molar-refractivity contribution in [1.29, 1.82) is 0 Å². The van der Waals surface area contributed by atoms with Gasteiger partial charge in [-0.15, -0.1) is 0 Å². The Morgan fingerprint density at radius 2 is 2.27 bits per heavy atom. The van der Waals surface area contributed by atoms with Crippen LogP contribution in [0.2, 0.25) is 0 Å². The van der Waals surface area contributed by atoms with Gasteiger partial charge in [0.1, 0.15) is 0 Å². The zero-order chi connectivity index (χ0) is 8.10. The summed E-state index contributed by atoms with van der Waals surface area (Å²) in [6.45, 7) is 2.19. The van der Waals surface area contributed by atoms with Crippen LogP contribution in [0.25, 0.3) is 0 Å². The molecule has 0 fully saturated rings. The van der Waals surface area contributed by atoms with E-state index in [1.165, 1.54) is 12.1 Å². The summed E-state index contributed by atoms with van der Waals surface area (Å²) in [5.74, 6) is 0. The maximum atomic E-state index is 3.24. The number of allylic oxidation sites excluding steroid dienone is 5. The van der Waals surface area contributed by atoms with Crippen LogP contribution in [0.4, 0.5) is 0 Å². The third-order valence-corrected chi connectivity index (χ3v) is 3.09. The van der Waals surface area contributed by atoms with Crippen molar-refractivity contribution in [1.82, 2.24) is 5.32 Å². The molecule has 0 spiro atoms. The molecule has 0 aliphatic carbocycles. The molecule has 0 amide bonds. The van der Waals surface area contributed by atoms with Gasteiger partial charge in [0.2, 0.25) is 0 Å². The molecule has 60 valence electrons. The third kappa shape index (κ3) is 2.69. The molecule has 1 rings (SSSR count). The minimum Gasteiger partial charge on any atom is -0.364 e. The first-order valence-electron chi connectivity index (χ1n) is 3.78. The van der Waals surface area contributed by atoms with E-state index in [0.717, 1.165) is 0 Å². The van der Waals surface area contributed by atoms with Crippen LogP contribution < -0.4 is 5.32 Å². The number of nitrogens with one attached hydrogen (secondary N) is 1. The van der Waals surface area contributed by atoms with Crippen LogP contribution in [0.5, 0.6) is 0 Å². The summed E-state index contributed by atoms with van der Waals surface area (Å²) in [7, 11) is 0. The highest BCUT2D eigenvalue weighted by Crippen LogP contribution is 2.14. The van der Waals surface area contributed by atoms with Crippen molar-refractivity contribution in [3.63, 3.8) is 0 Å². The van der Waals surface area contributed by atoms with E-state index in [1.54, 1.807) is 0 Å². The Bertz CT molecular complexity index is 204. The maximum Gasteiger partial charge on any atom is 0.0507 e. The van der Waals surface area contributed by atoms with Crippen LogP contribution in [0.15, 0.2) is 36.2 Å². The molecule has 0 aromatic rings. The van der Waals surface area contributed by atoms with Gasteiger partial charge in [-0.1, -0.05) is 41.7 Å². The Morgan fingerprint density at radius 3 is 3.00 bits per heavy atom. The van der Waals surface area contributed by atoms with Gasteiger partial charge in [0.25, 0.3) is 0 Å². The Kier molecular flexibility index (Phi) is 3.69. The SMILES string of the molecule is CCC(I)C1=CC=CC=CN1. The normalized spacial score (nSPS) is 18.5. The summed E-state index contributed by atoms with van der Waals surface area (Å²) in [5, 5.41) is 3.24. The summed E-state index contributed by atoms with van der Waals surface area (Å²) in [6, 6.07) is 0. The molecule has 11 heavy (non-hydrogen) atoms. The highest BCUT2D eigenvalue weighted by atomic mass is 127. The number of alkyl halides is 1. The molecular formula is C9H12IN. The van der Waals surface area contributed by atoms with Crippen molar-refractivity contribution >= 4 is 22.6 Å². The van der Waals surface area contributed by atoms with E-state index >= 15 is 0 Å². The Balaban J connectivity index is 2.64. The lowest BCUT2D eigenvalue weighted by atomic mass is 10.2. The van der Waals surface area contributed by atoms with Crippen molar-refractivity contribution in [2.24, 2.45) is 0 Å². The Morgan fingerprint density at radius 1 is 1.45 bits per heavy atom. The van der Waals surface area contributed by atoms with E-state index in [1.807, 2.05) is 18.4 Å². The fourth-order valence-electron chi connectivity index (χ4n) is 0.886. The zero-order valence-corrected chi connectivity index (χ0v) is 8.71. The fourth-order valence-corrected chi connectivity index (χ4v) is 1.27. The zero-order valence-electron chi connectivity index (χ0n) is 6.55. The Labute approximate surface area is 81.4 Å². The molecule has 1 unspecified atom stereocenters. The fraction of sp³-hybridized carbons (Fsp3) is 0.333. The standard InChI is InChI=1S/C9H12IN/c1-2-8(10)9-6-4-3-5-7-11-9/h3-8,11H,2H2,1H3. The number of halogens is 1. The van der Waals surface area contributed by atoms with Crippen LogP contribution in [-0.2, 0) is 0 Å². The first-order valence-corrected chi connectivity index (χ1v) is 5.03. The highest BCUT2D eigenvalue weighted by molar-refractivity contribution is 14.1. The van der Waals surface area contributed by atoms with Crippen LogP contribution in [0, 0.1) is 0 Å². The molecule has 1 nitrogen and oxygen atoms in total. The van der Waals surface area contributed by atoms with Gasteiger partial charge < -0.3 is 5.32 Å². The summed E-state index contributed by atoms with van der Waals surface area (Å²) in [4.78, 5) is 0. The van der Waals surface area contributed by atoms with Gasteiger partial charge >= 0.3 is 0 Å². The maximum absolute atomic E-state index is 3.24. The van der Waals surface area contributed by atoms with Crippen molar-refractivity contribution in [2.75, 3.05) is 0 Å². The number of rotatable bonds is 2. The molecule has 1 aliphatic heterocycles. The van der Waals surface area contributed by atoms with Gasteiger partial charge in [0, 0.05) is 11.9 Å². The van der Waals surface area contributed by atoms with Gasteiger partial charge in [0.15, 0.2) is 0 Å². The lowest BCUT2D eigenvalue weighted by Crippen LogP contribution is -2.13. The minimum atomic E-state index is 0.597. The lowest BCUT2D eigenvalue weighted by Gasteiger charge is -2.10. The quantitative estimate of drug-likeness (QED) is 0.595. The molecular weight excluding hydrogens is 249 g/mol. The molecule has 1 aliphatic rings. The molecule has 1 heterocycles. The molecule has 0 aromatic carbocycles. The van der Waals surface area contributed by atoms with E-state index < -0.39 is 0 Å². The first-order chi connectivity index (χ1) is 5.34. The molecule has 0 radical (unpaired) electrons. The van der Waals surface area contributed by atoms with E-state index in [0.29, 0.717) is 3.92 Å². The summed E-state index contributed by atoms with van der Waals surface area (Å²) < 4.78 is 0.597. The topological polar surface area (TPSA) is 12.0 Å². The average Bonchev–Trinajstić information content (AvgIpc) is 2.30. The van der Waals surface area contributed by atoms with Crippen molar-refractivity contribution in [3.05, 3.63) is 36.2 Å². The minimum absolute atomic E-state index is 0.597. The van der Waals surface area contributed by atoms with Gasteiger partial charge in [0.05, 0.1) is 3.92 Å². The number of hydrogen-bond donors (Lipinski definition) is 1. The molecule has 2 heteroatoms. The summed E-state index contributed by atoms with van der Waals surface area (Å²) in [5.41, 5.74) is 1.29. The predicted octanol–water partition coefficient (Wildman–Crippen LogP) is 2.76. The summed E-state index contributed by atoms with van der Waals surface area (Å²) >= 11 is 2.44. The van der Waals surface area contributed by atoms with Gasteiger partial charge in [-0.25, -0.2) is 0 Å². The van der Waals surface area contributed by atoms with E-state index in [4.69, 9.17) is 0 Å². The third-order valence-electron chi connectivity index (χ3n) is 1.54. The van der Waals surface area contributed by atoms with Crippen molar-refractivity contribution in [3.8, 4) is 0 Å². The molecule has 0 bridgehead atoms. The van der Waals surface area contributed by atoms with Crippen LogP contribution in [0.3, 0.4) is 0 Å². The lowest BCUT2D eigenvalue weighted by molar-refractivity contribution is 0.881. The molecule has 0 saturated carbocycles. The van der Waals surface area contributed by atoms with E-state index in [-0.39, 0.29) is 0 Å². The van der Waals surface area contributed by atoms with Gasteiger partial charge in [-0.2, -0.15) is 0 Å². The smallest absolute Gasteiger partial charge is 0.0507 e. The van der Waals surface area contributed by atoms with Crippen molar-refractivity contribution in [2.45, 2.75) is 17.3 Å². The van der Waals surface area contributed by atoms with E-state index in [9.17, 15) is 0 Å². The van der Waals surface area contributed by atoms with E-state index in [2.05, 4.69) is 47.0 Å². The number of hydrogen-bond acceptors (Lipinski definition) is 1. The molecule has 0 aromatic heterocycles. The predicted molar refractivity (Wildman–Crippen MR) is 57.6 cm³/mol. The molecule has 1 atom stereocenters. The van der Waals surface area contributed by atoms with Crippen molar-refractivity contribution < 1.29 is 0 Å². The van der Waals surface area contributed by atoms with Crippen LogP contribution >= 0.6 is 22.6 Å². The highest BCUT2D eigenvalue weighted by Gasteiger charge is 2.05. The second kappa shape index (κ2) is 4.59. The monoisotopic (exact) mass is 261 g/mol. The first kappa shape index (κ1) is 8.84. The summed E-state index contributed by atoms with van der Waals surface area (Å²) in [6.07, 6.45) is 11.4. The average molecular weight is 261 g/mol. The molecule has 0 saturated heterocycles. The van der Waals surface area contributed by atoms with Gasteiger partial charge in [-0.3, -0.25) is 0 Å². The van der Waals surface area contributed by atoms with Gasteiger partial charge in [-0.05, 0) is 18.6 Å². The molecule has 1 N–H and O–H groups in total.